The van der Waals surface area contributed by atoms with Crippen LogP contribution in [0.25, 0.3) is 0 Å². The summed E-state index contributed by atoms with van der Waals surface area (Å²) in [4.78, 5) is 11.0. The predicted molar refractivity (Wildman–Crippen MR) is 297 cm³/mol. The summed E-state index contributed by atoms with van der Waals surface area (Å²) in [6.45, 7) is 21.4. The highest BCUT2D eigenvalue weighted by molar-refractivity contribution is 7.89. The van der Waals surface area contributed by atoms with Gasteiger partial charge in [-0.25, -0.2) is 0 Å². The van der Waals surface area contributed by atoms with Crippen molar-refractivity contribution in [3.05, 3.63) is 0 Å². The quantitative estimate of drug-likeness (QED) is 0.223. The number of ether oxygens (including phenoxy) is 7. The van der Waals surface area contributed by atoms with Gasteiger partial charge in [0.15, 0.2) is 0 Å². The van der Waals surface area contributed by atoms with Gasteiger partial charge in [-0.3, -0.25) is 29.9 Å². The molecule has 29 nitrogen and oxygen atoms in total. The minimum atomic E-state index is -3.74. The van der Waals surface area contributed by atoms with Crippen LogP contribution in [0.15, 0.2) is 0 Å². The highest BCUT2D eigenvalue weighted by Gasteiger charge is 2.81. The molecule has 31 atom stereocenters. The zero-order chi connectivity index (χ0) is 64.4. The van der Waals surface area contributed by atoms with E-state index in [1.165, 1.54) is 6.92 Å². The summed E-state index contributed by atoms with van der Waals surface area (Å²) in [6, 6.07) is 0. The zero-order valence-corrected chi connectivity index (χ0v) is 55.4. The van der Waals surface area contributed by atoms with E-state index in [-0.39, 0.29) is 128 Å². The van der Waals surface area contributed by atoms with Crippen molar-refractivity contribution in [2.24, 2.45) is 41.4 Å². The lowest BCUT2D eigenvalue weighted by molar-refractivity contribution is -0.155. The molecule has 18 heterocycles. The molecule has 12 bridgehead atoms. The number of aliphatic hydroxyl groups excluding tert-OH is 3. The Morgan fingerprint density at radius 3 is 1.47 bits per heavy atom. The molecule has 0 saturated carbocycles. The van der Waals surface area contributed by atoms with E-state index < -0.39 is 157 Å². The molecule has 0 aromatic carbocycles. The highest BCUT2D eigenvalue weighted by Crippen LogP contribution is 2.65. The Morgan fingerprint density at radius 2 is 0.977 bits per heavy atom. The lowest BCUT2D eigenvalue weighted by atomic mass is 9.73. The molecule has 88 heavy (non-hydrogen) atoms. The van der Waals surface area contributed by atoms with Crippen LogP contribution < -0.4 is 0 Å². The zero-order valence-electron chi connectivity index (χ0n) is 50.5. The molecule has 0 aliphatic carbocycles. The van der Waals surface area contributed by atoms with Crippen molar-refractivity contribution in [1.82, 2.24) is 0 Å². The van der Waals surface area contributed by atoms with Crippen LogP contribution in [0, 0.1) is 41.4 Å². The molecule has 35 heteroatoms. The van der Waals surface area contributed by atoms with Crippen LogP contribution in [0.1, 0.15) is 115 Å². The van der Waals surface area contributed by atoms with Crippen LogP contribution >= 0.6 is 0 Å². The second-order valence-corrected chi connectivity index (χ2v) is 39.3. The summed E-state index contributed by atoms with van der Waals surface area (Å²) < 4.78 is 210. The number of hydrogen-bond donors (Lipinski definition) is 3. The number of hydrogen-bond acceptors (Lipinski definition) is 29. The number of rotatable bonds is 5. The van der Waals surface area contributed by atoms with Gasteiger partial charge in [0.05, 0.1) is 48.8 Å². The van der Waals surface area contributed by atoms with Gasteiger partial charge >= 0.3 is 5.97 Å². The van der Waals surface area contributed by atoms with Gasteiger partial charge in [-0.1, -0.05) is 48.5 Å². The fourth-order valence-corrected chi connectivity index (χ4v) is 30.8. The van der Waals surface area contributed by atoms with Gasteiger partial charge in [-0.05, 0) is 47.0 Å². The number of carbonyl (C=O) groups is 1. The molecule has 0 spiro atoms. The molecule has 502 valence electrons. The van der Waals surface area contributed by atoms with Crippen molar-refractivity contribution < 1.29 is 129 Å². The first-order chi connectivity index (χ1) is 40.4. The van der Waals surface area contributed by atoms with Crippen molar-refractivity contribution in [3.8, 4) is 0 Å². The van der Waals surface area contributed by atoms with Gasteiger partial charge in [0.2, 0.25) is 0 Å². The molecule has 0 aromatic rings. The fourth-order valence-electron chi connectivity index (χ4n) is 19.0. The maximum Gasteiger partial charge on any atom is 0.302 e. The van der Waals surface area contributed by atoms with Crippen LogP contribution in [0.4, 0.5) is 0 Å². The third-order valence-electron chi connectivity index (χ3n) is 24.3. The fraction of sp³-hybridized carbons (Fsp3) is 0.981. The monoisotopic (exact) mass is 1370 g/mol. The van der Waals surface area contributed by atoms with Crippen molar-refractivity contribution in [2.75, 3.05) is 26.4 Å². The standard InChI is InChI=1S/C11H16O7S.C9H14O6S.C9H14O4S.3C8H12O4S/c1-6-9-11(4-12)8(19(14,15)17-9)3-10(6,18-11)5-16-7(2)13;1-5-7-9(4-11)6(16(12,13)14-7)2-8(5,3-10)15-9;1-5-7-9(3)6(14(10,11)12-7)4-8(5,2)13-9;1-4-6-7-5(13(9,10)12-6)3-8(4,2)11-7;1-4-5-3-6-8(2,11-5)7(4)12-13(6,9)10;1-3-5-4(2)8-7(11-5)6(3)12-13(8,9)10/h6,8-9,12H,3-5H2,1-2H3;5-7,10-11H,2-4H2,1H3;5-7H,4H2,1-3H3;2*4-7H,3H2,1-2H3;3-8H,1-2H3. The van der Waals surface area contributed by atoms with Crippen molar-refractivity contribution in [2.45, 2.75) is 253 Å². The van der Waals surface area contributed by atoms with Crippen molar-refractivity contribution >= 4 is 66.7 Å². The average Bonchev–Trinajstić information content (AvgIpc) is 1.58. The van der Waals surface area contributed by atoms with Crippen LogP contribution in [0.2, 0.25) is 0 Å². The van der Waals surface area contributed by atoms with E-state index in [2.05, 4.69) is 0 Å². The molecule has 31 unspecified atom stereocenters. The number of fused-ring (bicyclic) bond motifs is 6. The minimum absolute atomic E-state index is 0.0167. The molecule has 18 aliphatic rings. The van der Waals surface area contributed by atoms with E-state index in [9.17, 15) is 70.6 Å². The molecule has 18 rings (SSSR count). The smallest absolute Gasteiger partial charge is 0.302 e. The van der Waals surface area contributed by atoms with Crippen molar-refractivity contribution in [1.29, 1.82) is 0 Å². The third kappa shape index (κ3) is 8.50. The predicted octanol–water partition coefficient (Wildman–Crippen LogP) is -0.828. The average molecular weight is 1370 g/mol. The van der Waals surface area contributed by atoms with Crippen LogP contribution in [0.3, 0.4) is 0 Å². The molecule has 3 N–H and O–H groups in total. The Kier molecular flexibility index (Phi) is 14.6. The second-order valence-electron chi connectivity index (χ2n) is 28.8. The largest absolute Gasteiger partial charge is 0.463 e. The summed E-state index contributed by atoms with van der Waals surface area (Å²) in [6.07, 6.45) is -0.435. The van der Waals surface area contributed by atoms with Gasteiger partial charge in [-0.2, -0.15) is 50.5 Å². The molecule has 0 amide bonds. The first-order valence-electron chi connectivity index (χ1n) is 30.0. The first-order valence-corrected chi connectivity index (χ1v) is 38.8. The molecule has 18 fully saturated rings. The van der Waals surface area contributed by atoms with E-state index >= 15 is 0 Å². The van der Waals surface area contributed by atoms with E-state index in [0.717, 1.165) is 0 Å². The summed E-state index contributed by atoms with van der Waals surface area (Å²) in [5.74, 6) is -0.108. The lowest BCUT2D eigenvalue weighted by Crippen LogP contribution is -2.50. The van der Waals surface area contributed by atoms with Gasteiger partial charge in [0.25, 0.3) is 60.7 Å². The SMILES string of the molecule is CC(=O)OCC12CC3C(CO)(O1)C(OS3(=O)=O)C2C.CC1C2CC3C(C)(O2)C1OS3(=O)=O.CC1C2OC3C1OS(=O)(=O)C3C2C.CC1C2OS(=O)(=O)C3CC1(C)OC23.CC1C2OS(=O)(=O)C3CC1(C)OC23C.CC1C2OS(=O)(=O)C3CC1(CO)OC23CO. The maximum atomic E-state index is 11.9. The van der Waals surface area contributed by atoms with Gasteiger partial charge in [0, 0.05) is 61.2 Å². The van der Waals surface area contributed by atoms with Gasteiger partial charge in [0.1, 0.15) is 115 Å². The molecule has 0 radical (unpaired) electrons. The number of aliphatic hydroxyl groups is 3. The molecular weight excluding hydrogens is 1290 g/mol. The van der Waals surface area contributed by atoms with Gasteiger partial charge in [-0.15, -0.1) is 0 Å². The lowest BCUT2D eigenvalue weighted by Gasteiger charge is -2.31. The second kappa shape index (κ2) is 19.6. The summed E-state index contributed by atoms with van der Waals surface area (Å²) in [7, 11) is -20.8. The van der Waals surface area contributed by atoms with E-state index in [1.54, 1.807) is 13.8 Å². The van der Waals surface area contributed by atoms with E-state index in [0.29, 0.717) is 19.3 Å². The van der Waals surface area contributed by atoms with Crippen LogP contribution in [-0.4, -0.2) is 236 Å². The van der Waals surface area contributed by atoms with Crippen LogP contribution in [0.5, 0.6) is 0 Å². The third-order valence-corrected chi connectivity index (χ3v) is 34.9. The molecule has 18 aliphatic heterocycles. The Bertz CT molecular complexity index is 3630. The summed E-state index contributed by atoms with van der Waals surface area (Å²) >= 11 is 0. The Morgan fingerprint density at radius 1 is 0.455 bits per heavy atom. The Labute approximate surface area is 513 Å². The maximum absolute atomic E-state index is 11.9. The normalized spacial score (nSPS) is 58.5. The van der Waals surface area contributed by atoms with E-state index in [1.807, 2.05) is 62.3 Å². The Balaban J connectivity index is 0.0000000979. The molecular formula is C53H80O29S6. The Hall–Kier alpha value is -1.43. The summed E-state index contributed by atoms with van der Waals surface area (Å²) in [5.41, 5.74) is -5.89. The molecule has 18 saturated heterocycles. The van der Waals surface area contributed by atoms with E-state index in [4.69, 9.17) is 58.3 Å². The van der Waals surface area contributed by atoms with Crippen LogP contribution in [-0.2, 0) is 124 Å². The highest BCUT2D eigenvalue weighted by atomic mass is 32.2. The molecule has 0 aromatic heterocycles. The van der Waals surface area contributed by atoms with Gasteiger partial charge < -0.3 is 48.5 Å². The topological polar surface area (TPSA) is 403 Å². The van der Waals surface area contributed by atoms with Crippen molar-refractivity contribution in [3.63, 3.8) is 0 Å². The number of carbonyl (C=O) groups excluding carboxylic acids is 1. The minimum Gasteiger partial charge on any atom is -0.463 e. The number of esters is 1. The first kappa shape index (κ1) is 65.2. The summed E-state index contributed by atoms with van der Waals surface area (Å²) in [5, 5.41) is 25.0.